The largest absolute Gasteiger partial charge is 0.399 e. The first-order chi connectivity index (χ1) is 7.97. The molecule has 17 heavy (non-hydrogen) atoms. The number of hydrogen-bond donors (Lipinski definition) is 1. The number of benzene rings is 1. The van der Waals surface area contributed by atoms with Gasteiger partial charge in [0.05, 0.1) is 17.3 Å². The van der Waals surface area contributed by atoms with Gasteiger partial charge >= 0.3 is 0 Å². The van der Waals surface area contributed by atoms with Gasteiger partial charge in [-0.25, -0.2) is 8.42 Å². The van der Waals surface area contributed by atoms with Crippen LogP contribution >= 0.6 is 15.9 Å². The van der Waals surface area contributed by atoms with E-state index >= 15 is 0 Å². The van der Waals surface area contributed by atoms with E-state index in [9.17, 15) is 8.42 Å². The van der Waals surface area contributed by atoms with Crippen molar-refractivity contribution in [1.29, 1.82) is 0 Å². The normalized spacial score (nSPS) is 11.6. The molecule has 0 saturated carbocycles. The average Bonchev–Trinajstić information content (AvgIpc) is 2.24. The van der Waals surface area contributed by atoms with Gasteiger partial charge in [-0.3, -0.25) is 0 Å². The molecule has 0 bridgehead atoms. The average molecular weight is 322 g/mol. The van der Waals surface area contributed by atoms with Gasteiger partial charge in [0.1, 0.15) is 0 Å². The lowest BCUT2D eigenvalue weighted by atomic mass is 10.3. The number of ether oxygens (including phenoxy) is 1. The second-order valence-electron chi connectivity index (χ2n) is 3.62. The highest BCUT2D eigenvalue weighted by atomic mass is 79.9. The van der Waals surface area contributed by atoms with Crippen molar-refractivity contribution in [2.75, 3.05) is 24.7 Å². The van der Waals surface area contributed by atoms with Crippen LogP contribution in [0.4, 0.5) is 5.69 Å². The monoisotopic (exact) mass is 321 g/mol. The van der Waals surface area contributed by atoms with Crippen LogP contribution in [0.5, 0.6) is 0 Å². The van der Waals surface area contributed by atoms with Crippen LogP contribution < -0.4 is 5.73 Å². The van der Waals surface area contributed by atoms with Crippen LogP contribution in [-0.2, 0) is 14.6 Å². The van der Waals surface area contributed by atoms with Crippen LogP contribution in [0.3, 0.4) is 0 Å². The Morgan fingerprint density at radius 2 is 2.06 bits per heavy atom. The van der Waals surface area contributed by atoms with Crippen molar-refractivity contribution < 1.29 is 13.2 Å². The molecular weight excluding hydrogens is 306 g/mol. The third kappa shape index (κ3) is 4.29. The Bertz CT molecular complexity index is 474. The molecule has 0 radical (unpaired) electrons. The fourth-order valence-electron chi connectivity index (χ4n) is 1.29. The van der Waals surface area contributed by atoms with Crippen molar-refractivity contribution in [2.45, 2.75) is 18.2 Å². The minimum Gasteiger partial charge on any atom is -0.399 e. The fourth-order valence-corrected chi connectivity index (χ4v) is 3.62. The van der Waals surface area contributed by atoms with Gasteiger partial charge in [-0.2, -0.15) is 0 Å². The Labute approximate surface area is 110 Å². The Balaban J connectivity index is 2.76. The Hall–Kier alpha value is -0.590. The third-order valence-electron chi connectivity index (χ3n) is 2.14. The zero-order chi connectivity index (χ0) is 12.9. The van der Waals surface area contributed by atoms with E-state index in [0.29, 0.717) is 16.8 Å². The van der Waals surface area contributed by atoms with E-state index in [4.69, 9.17) is 10.5 Å². The van der Waals surface area contributed by atoms with Gasteiger partial charge in [-0.15, -0.1) is 0 Å². The second kappa shape index (κ2) is 6.37. The Kier molecular flexibility index (Phi) is 5.42. The zero-order valence-electron chi connectivity index (χ0n) is 9.65. The molecule has 1 rings (SSSR count). The van der Waals surface area contributed by atoms with Gasteiger partial charge in [0, 0.05) is 16.8 Å². The molecule has 96 valence electrons. The van der Waals surface area contributed by atoms with Gasteiger partial charge in [0.25, 0.3) is 0 Å². The summed E-state index contributed by atoms with van der Waals surface area (Å²) in [6, 6.07) is 4.67. The highest BCUT2D eigenvalue weighted by molar-refractivity contribution is 9.10. The molecule has 4 nitrogen and oxygen atoms in total. The third-order valence-corrected chi connectivity index (χ3v) is 4.78. The molecular formula is C11H16BrNO3S. The highest BCUT2D eigenvalue weighted by Crippen LogP contribution is 2.25. The van der Waals surface area contributed by atoms with Gasteiger partial charge in [0.15, 0.2) is 9.84 Å². The van der Waals surface area contributed by atoms with Crippen LogP contribution in [0.2, 0.25) is 0 Å². The Morgan fingerprint density at radius 1 is 1.35 bits per heavy atom. The standard InChI is InChI=1S/C11H16BrNO3S/c1-2-5-16-6-7-17(14,15)11-4-3-9(13)8-10(11)12/h3-4,8H,2,5-7,13H2,1H3. The number of rotatable bonds is 6. The highest BCUT2D eigenvalue weighted by Gasteiger charge is 2.17. The minimum absolute atomic E-state index is 0.0183. The summed E-state index contributed by atoms with van der Waals surface area (Å²) >= 11 is 3.21. The van der Waals surface area contributed by atoms with Crippen molar-refractivity contribution in [3.8, 4) is 0 Å². The molecule has 0 aliphatic carbocycles. The first kappa shape index (κ1) is 14.5. The van der Waals surface area contributed by atoms with Crippen LogP contribution in [0.15, 0.2) is 27.6 Å². The molecule has 0 amide bonds. The maximum Gasteiger partial charge on any atom is 0.181 e. The van der Waals surface area contributed by atoms with E-state index < -0.39 is 9.84 Å². The molecule has 0 atom stereocenters. The summed E-state index contributed by atoms with van der Waals surface area (Å²) in [6.45, 7) is 2.77. The van der Waals surface area contributed by atoms with E-state index in [1.807, 2.05) is 6.92 Å². The summed E-state index contributed by atoms with van der Waals surface area (Å²) in [5, 5.41) is 0. The lowest BCUT2D eigenvalue weighted by Gasteiger charge is -2.07. The molecule has 0 heterocycles. The molecule has 0 aromatic heterocycles. The molecule has 1 aromatic rings. The fraction of sp³-hybridized carbons (Fsp3) is 0.455. The smallest absolute Gasteiger partial charge is 0.181 e. The number of nitrogen functional groups attached to an aromatic ring is 1. The van der Waals surface area contributed by atoms with Crippen LogP contribution in [0, 0.1) is 0 Å². The lowest BCUT2D eigenvalue weighted by Crippen LogP contribution is -2.13. The molecule has 6 heteroatoms. The van der Waals surface area contributed by atoms with Crippen molar-refractivity contribution in [2.24, 2.45) is 0 Å². The molecule has 0 aliphatic rings. The number of sulfone groups is 1. The molecule has 2 N–H and O–H groups in total. The second-order valence-corrected chi connectivity index (χ2v) is 6.55. The predicted molar refractivity (Wildman–Crippen MR) is 71.7 cm³/mol. The molecule has 0 saturated heterocycles. The van der Waals surface area contributed by atoms with E-state index in [2.05, 4.69) is 15.9 Å². The van der Waals surface area contributed by atoms with Crippen molar-refractivity contribution in [3.05, 3.63) is 22.7 Å². The molecule has 1 aromatic carbocycles. The summed E-state index contributed by atoms with van der Waals surface area (Å²) in [5.74, 6) is -0.0183. The van der Waals surface area contributed by atoms with Gasteiger partial charge in [-0.1, -0.05) is 6.92 Å². The van der Waals surface area contributed by atoms with Gasteiger partial charge in [-0.05, 0) is 40.5 Å². The summed E-state index contributed by atoms with van der Waals surface area (Å²) in [5.41, 5.74) is 6.09. The lowest BCUT2D eigenvalue weighted by molar-refractivity contribution is 0.149. The van der Waals surface area contributed by atoms with Crippen LogP contribution in [0.25, 0.3) is 0 Å². The quantitative estimate of drug-likeness (QED) is 0.644. The Morgan fingerprint density at radius 3 is 2.65 bits per heavy atom. The predicted octanol–water partition coefficient (Wildman–Crippen LogP) is 2.23. The maximum absolute atomic E-state index is 12.0. The van der Waals surface area contributed by atoms with E-state index in [-0.39, 0.29) is 17.3 Å². The SMILES string of the molecule is CCCOCCS(=O)(=O)c1ccc(N)cc1Br. The zero-order valence-corrected chi connectivity index (χ0v) is 12.1. The van der Waals surface area contributed by atoms with Crippen molar-refractivity contribution in [1.82, 2.24) is 0 Å². The van der Waals surface area contributed by atoms with Crippen molar-refractivity contribution >= 4 is 31.5 Å². The summed E-state index contributed by atoms with van der Waals surface area (Å²) in [6.07, 6.45) is 0.881. The topological polar surface area (TPSA) is 69.4 Å². The van der Waals surface area contributed by atoms with Crippen LogP contribution in [0.1, 0.15) is 13.3 Å². The molecule has 0 fully saturated rings. The summed E-state index contributed by atoms with van der Waals surface area (Å²) < 4.78 is 29.6. The first-order valence-corrected chi connectivity index (χ1v) is 7.77. The molecule has 0 spiro atoms. The number of halogens is 1. The number of nitrogens with two attached hydrogens (primary N) is 1. The van der Waals surface area contributed by atoms with Crippen molar-refractivity contribution in [3.63, 3.8) is 0 Å². The van der Waals surface area contributed by atoms with E-state index in [1.165, 1.54) is 6.07 Å². The van der Waals surface area contributed by atoms with Gasteiger partial charge < -0.3 is 10.5 Å². The first-order valence-electron chi connectivity index (χ1n) is 5.33. The van der Waals surface area contributed by atoms with Gasteiger partial charge in [0.2, 0.25) is 0 Å². The number of anilines is 1. The molecule has 0 unspecified atom stereocenters. The van der Waals surface area contributed by atoms with E-state index in [1.54, 1.807) is 12.1 Å². The minimum atomic E-state index is -3.32. The maximum atomic E-state index is 12.0. The van der Waals surface area contributed by atoms with Crippen LogP contribution in [-0.4, -0.2) is 27.4 Å². The number of hydrogen-bond acceptors (Lipinski definition) is 4. The summed E-state index contributed by atoms with van der Waals surface area (Å²) in [4.78, 5) is 0.256. The van der Waals surface area contributed by atoms with E-state index in [0.717, 1.165) is 6.42 Å². The molecule has 0 aliphatic heterocycles. The summed E-state index contributed by atoms with van der Waals surface area (Å²) in [7, 11) is -3.32.